The first kappa shape index (κ1) is 39.4. The molecular formula is C16H28O8P4Ti+4. The van der Waals surface area contributed by atoms with Crippen LogP contribution in [0.5, 0.6) is 0 Å². The zero-order valence-electron chi connectivity index (χ0n) is 17.0. The quantitative estimate of drug-likeness (QED) is 0.342. The normalized spacial score (nSPS) is 12.1. The molecule has 4 unspecified atom stereocenters. The monoisotopic (exact) mass is 520 g/mol. The van der Waals surface area contributed by atoms with E-state index in [9.17, 15) is 37.8 Å². The molecule has 0 rings (SSSR count). The van der Waals surface area contributed by atoms with Crippen molar-refractivity contribution in [3.05, 3.63) is 47.6 Å². The molecule has 0 aliphatic heterocycles. The van der Waals surface area contributed by atoms with Gasteiger partial charge in [0.15, 0.2) is 0 Å². The van der Waals surface area contributed by atoms with Gasteiger partial charge in [0.1, 0.15) is 23.3 Å². The van der Waals surface area contributed by atoms with Crippen molar-refractivity contribution in [1.29, 1.82) is 0 Å². The molecule has 160 valence electrons. The van der Waals surface area contributed by atoms with Crippen LogP contribution in [0, 0.1) is 0 Å². The standard InChI is InChI=1S/4C4H7O2P.Ti/c4*1-2-3-4-7(5)6;/h4*3-4H,2H2,1H3;/q;;;;+4. The molecule has 0 aromatic rings. The fourth-order valence-electron chi connectivity index (χ4n) is 0.766. The largest absolute Gasteiger partial charge is 4.00 e. The molecule has 0 aliphatic carbocycles. The van der Waals surface area contributed by atoms with Gasteiger partial charge in [0.25, 0.3) is 0 Å². The summed E-state index contributed by atoms with van der Waals surface area (Å²) >= 11 is 0. The Morgan fingerprint density at radius 2 is 0.621 bits per heavy atom. The minimum Gasteiger partial charge on any atom is -0.591 e. The predicted octanol–water partition coefficient (Wildman–Crippen LogP) is 4.05. The molecule has 0 saturated heterocycles. The molecule has 29 heavy (non-hydrogen) atoms. The van der Waals surface area contributed by atoms with Gasteiger partial charge in [0.05, 0.1) is 0 Å². The average Bonchev–Trinajstić information content (AvgIpc) is 2.62. The molecule has 0 aromatic carbocycles. The maximum atomic E-state index is 9.71. The van der Waals surface area contributed by atoms with E-state index in [2.05, 4.69) is 0 Å². The van der Waals surface area contributed by atoms with Crippen molar-refractivity contribution >= 4 is 32.1 Å². The summed E-state index contributed by atoms with van der Waals surface area (Å²) < 4.78 is 38.8. The van der Waals surface area contributed by atoms with Crippen LogP contribution in [0.4, 0.5) is 0 Å². The molecule has 0 radical (unpaired) electrons. The van der Waals surface area contributed by atoms with E-state index in [1.807, 2.05) is 27.7 Å². The van der Waals surface area contributed by atoms with E-state index in [0.29, 0.717) is 0 Å². The van der Waals surface area contributed by atoms with Gasteiger partial charge in [-0.25, -0.2) is 0 Å². The predicted molar refractivity (Wildman–Crippen MR) is 108 cm³/mol. The molecule has 0 spiro atoms. The van der Waals surface area contributed by atoms with E-state index in [1.165, 1.54) is 23.3 Å². The van der Waals surface area contributed by atoms with Crippen LogP contribution in [-0.2, 0) is 40.0 Å². The first-order chi connectivity index (χ1) is 13.1. The van der Waals surface area contributed by atoms with Gasteiger partial charge >= 0.3 is 53.8 Å². The summed E-state index contributed by atoms with van der Waals surface area (Å²) in [6.07, 6.45) is 9.54. The maximum Gasteiger partial charge on any atom is 4.00 e. The van der Waals surface area contributed by atoms with E-state index < -0.39 is 32.1 Å². The number of hydrogen-bond acceptors (Lipinski definition) is 8. The third-order valence-electron chi connectivity index (χ3n) is 1.85. The summed E-state index contributed by atoms with van der Waals surface area (Å²) in [6, 6.07) is 0. The van der Waals surface area contributed by atoms with E-state index in [1.54, 1.807) is 24.3 Å². The van der Waals surface area contributed by atoms with Crippen LogP contribution in [0.3, 0.4) is 0 Å². The Bertz CT molecular complexity index is 453. The van der Waals surface area contributed by atoms with Crippen molar-refractivity contribution < 1.29 is 59.6 Å². The Kier molecular flexibility index (Phi) is 48.0. The van der Waals surface area contributed by atoms with Crippen molar-refractivity contribution in [2.24, 2.45) is 0 Å². The third kappa shape index (κ3) is 74.0. The summed E-state index contributed by atoms with van der Waals surface area (Å²) in [5, 5.41) is 0. The van der Waals surface area contributed by atoms with Crippen LogP contribution < -0.4 is 19.6 Å². The fraction of sp³-hybridized carbons (Fsp3) is 0.500. The zero-order chi connectivity index (χ0) is 22.8. The minimum atomic E-state index is -2.29. The number of hydrogen-bond donors (Lipinski definition) is 0. The van der Waals surface area contributed by atoms with Crippen LogP contribution in [0.1, 0.15) is 53.4 Å². The second-order valence-corrected chi connectivity index (χ2v) is 7.79. The van der Waals surface area contributed by atoms with Gasteiger partial charge in [0.2, 0.25) is 0 Å². The first-order valence-corrected chi connectivity index (χ1v) is 13.3. The molecular weight excluding hydrogens is 492 g/mol. The first-order valence-electron chi connectivity index (χ1n) is 8.29. The van der Waals surface area contributed by atoms with Crippen molar-refractivity contribution in [3.8, 4) is 0 Å². The van der Waals surface area contributed by atoms with Gasteiger partial charge in [-0.3, -0.25) is 0 Å². The van der Waals surface area contributed by atoms with Gasteiger partial charge in [0, 0.05) is 0 Å². The summed E-state index contributed by atoms with van der Waals surface area (Å²) in [6.45, 7) is 7.54. The molecule has 0 aromatic heterocycles. The average molecular weight is 520 g/mol. The van der Waals surface area contributed by atoms with E-state index in [0.717, 1.165) is 25.7 Å². The molecule has 0 saturated carbocycles. The Morgan fingerprint density at radius 1 is 0.483 bits per heavy atom. The molecule has 8 nitrogen and oxygen atoms in total. The molecule has 0 heterocycles. The topological polar surface area (TPSA) is 161 Å². The Hall–Kier alpha value is -0.0857. The van der Waals surface area contributed by atoms with Crippen molar-refractivity contribution in [2.75, 3.05) is 0 Å². The van der Waals surface area contributed by atoms with Crippen molar-refractivity contribution in [2.45, 2.75) is 53.4 Å². The molecule has 0 fully saturated rings. The summed E-state index contributed by atoms with van der Waals surface area (Å²) in [5.41, 5.74) is 0. The van der Waals surface area contributed by atoms with Crippen LogP contribution >= 0.6 is 32.1 Å². The summed E-state index contributed by atoms with van der Waals surface area (Å²) in [5.74, 6) is 4.70. The van der Waals surface area contributed by atoms with Crippen LogP contribution in [0.2, 0.25) is 0 Å². The molecule has 0 amide bonds. The third-order valence-corrected chi connectivity index (χ3v) is 3.67. The van der Waals surface area contributed by atoms with Crippen molar-refractivity contribution in [3.63, 3.8) is 0 Å². The SMILES string of the molecule is CCC=C[P+](=O)[O-].CCC=C[P+](=O)[O-].CCC=C[P+](=O)[O-].CCC=C[P+](=O)[O-].[Ti+4]. The smallest absolute Gasteiger partial charge is 0.591 e. The van der Waals surface area contributed by atoms with Gasteiger partial charge in [-0.1, -0.05) is 46.0 Å². The van der Waals surface area contributed by atoms with Gasteiger partial charge in [-0.15, -0.1) is 0 Å². The minimum absolute atomic E-state index is 0. The molecule has 0 N–H and O–H groups in total. The molecule has 13 heteroatoms. The van der Waals surface area contributed by atoms with Gasteiger partial charge < -0.3 is 19.6 Å². The maximum absolute atomic E-state index is 9.71. The van der Waals surface area contributed by atoms with Crippen molar-refractivity contribution in [1.82, 2.24) is 0 Å². The second kappa shape index (κ2) is 35.4. The number of allylic oxidation sites excluding steroid dienone is 4. The van der Waals surface area contributed by atoms with Gasteiger partial charge in [-0.2, -0.15) is 0 Å². The van der Waals surface area contributed by atoms with Gasteiger partial charge in [-0.05, 0) is 50.0 Å². The van der Waals surface area contributed by atoms with E-state index in [4.69, 9.17) is 0 Å². The Balaban J connectivity index is -0.0000000873. The molecule has 4 atom stereocenters. The Morgan fingerprint density at radius 3 is 0.655 bits per heavy atom. The second-order valence-electron chi connectivity index (χ2n) is 4.31. The molecule has 0 bridgehead atoms. The summed E-state index contributed by atoms with van der Waals surface area (Å²) in [4.78, 5) is 38.8. The zero-order valence-corrected chi connectivity index (χ0v) is 22.1. The van der Waals surface area contributed by atoms with E-state index >= 15 is 0 Å². The Labute approximate surface area is 192 Å². The van der Waals surface area contributed by atoms with Crippen LogP contribution in [-0.4, -0.2) is 0 Å². The van der Waals surface area contributed by atoms with E-state index in [-0.39, 0.29) is 21.7 Å². The molecule has 0 aliphatic rings. The number of rotatable bonds is 8. The summed E-state index contributed by atoms with van der Waals surface area (Å²) in [7, 11) is -9.15. The fourth-order valence-corrected chi connectivity index (χ4v) is 2.30. The van der Waals surface area contributed by atoms with Crippen LogP contribution in [0.25, 0.3) is 0 Å². The van der Waals surface area contributed by atoms with Crippen LogP contribution in [0.15, 0.2) is 47.6 Å².